The maximum atomic E-state index is 12.6. The summed E-state index contributed by atoms with van der Waals surface area (Å²) >= 11 is 12.1. The average Bonchev–Trinajstić information content (AvgIpc) is 2.75. The van der Waals surface area contributed by atoms with Crippen molar-refractivity contribution in [2.45, 2.75) is 26.3 Å². The normalized spacial score (nSPS) is 11.2. The minimum atomic E-state index is -0.848. The van der Waals surface area contributed by atoms with Gasteiger partial charge < -0.3 is 20.7 Å². The predicted octanol–water partition coefficient (Wildman–Crippen LogP) is 3.40. The van der Waals surface area contributed by atoms with Crippen LogP contribution in [0.2, 0.25) is 10.0 Å². The van der Waals surface area contributed by atoms with Crippen molar-refractivity contribution in [1.82, 2.24) is 10.6 Å². The number of carbonyl (C=O) groups excluding carboxylic acids is 4. The SMILES string of the molecule is CCOC(=O)CC(NC(=O)CNC(=O)c1cc(NC(C)=O)cc([N+](=O)[O-])c1)c1cc(Cl)cc(Cl)c1. The maximum absolute atomic E-state index is 12.6. The number of esters is 1. The Morgan fingerprint density at radius 3 is 2.29 bits per heavy atom. The molecule has 0 saturated heterocycles. The van der Waals surface area contributed by atoms with Gasteiger partial charge in [-0.1, -0.05) is 23.2 Å². The van der Waals surface area contributed by atoms with E-state index in [4.69, 9.17) is 27.9 Å². The number of carbonyl (C=O) groups is 4. The highest BCUT2D eigenvalue weighted by Crippen LogP contribution is 2.26. The van der Waals surface area contributed by atoms with Gasteiger partial charge in [0.25, 0.3) is 11.6 Å². The summed E-state index contributed by atoms with van der Waals surface area (Å²) in [6.07, 6.45) is -0.213. The van der Waals surface area contributed by atoms with Crippen molar-refractivity contribution in [2.24, 2.45) is 0 Å². The van der Waals surface area contributed by atoms with E-state index in [9.17, 15) is 29.3 Å². The lowest BCUT2D eigenvalue weighted by Crippen LogP contribution is -2.39. The van der Waals surface area contributed by atoms with E-state index in [0.717, 1.165) is 12.1 Å². The Bertz CT molecular complexity index is 1140. The zero-order valence-electron chi connectivity index (χ0n) is 18.7. The second-order valence-electron chi connectivity index (χ2n) is 7.22. The number of amides is 3. The molecule has 0 aromatic heterocycles. The first-order chi connectivity index (χ1) is 16.5. The Balaban J connectivity index is 2.14. The van der Waals surface area contributed by atoms with Crippen molar-refractivity contribution >= 4 is 58.3 Å². The van der Waals surface area contributed by atoms with Crippen LogP contribution in [0.4, 0.5) is 11.4 Å². The van der Waals surface area contributed by atoms with Gasteiger partial charge in [0.05, 0.1) is 30.5 Å². The zero-order chi connectivity index (χ0) is 26.1. The molecule has 2 aromatic rings. The predicted molar refractivity (Wildman–Crippen MR) is 128 cm³/mol. The van der Waals surface area contributed by atoms with Crippen LogP contribution in [0.1, 0.15) is 42.2 Å². The summed E-state index contributed by atoms with van der Waals surface area (Å²) in [7, 11) is 0. The van der Waals surface area contributed by atoms with Gasteiger partial charge in [0.15, 0.2) is 0 Å². The van der Waals surface area contributed by atoms with E-state index in [1.54, 1.807) is 6.92 Å². The molecule has 13 heteroatoms. The Labute approximate surface area is 210 Å². The van der Waals surface area contributed by atoms with Crippen molar-refractivity contribution in [1.29, 1.82) is 0 Å². The first kappa shape index (κ1) is 27.5. The molecule has 35 heavy (non-hydrogen) atoms. The number of nitrogens with zero attached hydrogens (tertiary/aromatic N) is 1. The lowest BCUT2D eigenvalue weighted by atomic mass is 10.0. The van der Waals surface area contributed by atoms with Gasteiger partial charge >= 0.3 is 5.97 Å². The molecule has 0 radical (unpaired) electrons. The molecule has 11 nitrogen and oxygen atoms in total. The molecule has 0 aliphatic heterocycles. The van der Waals surface area contributed by atoms with Gasteiger partial charge in [0.2, 0.25) is 11.8 Å². The minimum Gasteiger partial charge on any atom is -0.466 e. The van der Waals surface area contributed by atoms with E-state index in [2.05, 4.69) is 16.0 Å². The van der Waals surface area contributed by atoms with Crippen LogP contribution in [-0.2, 0) is 19.1 Å². The molecule has 2 rings (SSSR count). The lowest BCUT2D eigenvalue weighted by Gasteiger charge is -2.19. The Hall–Kier alpha value is -3.70. The highest BCUT2D eigenvalue weighted by atomic mass is 35.5. The lowest BCUT2D eigenvalue weighted by molar-refractivity contribution is -0.384. The monoisotopic (exact) mass is 524 g/mol. The molecule has 0 bridgehead atoms. The van der Waals surface area contributed by atoms with Gasteiger partial charge in [-0.3, -0.25) is 29.3 Å². The number of nitro benzene ring substituents is 1. The zero-order valence-corrected chi connectivity index (χ0v) is 20.2. The smallest absolute Gasteiger partial charge is 0.308 e. The van der Waals surface area contributed by atoms with Crippen molar-refractivity contribution in [3.63, 3.8) is 0 Å². The van der Waals surface area contributed by atoms with Gasteiger partial charge in [-0.15, -0.1) is 0 Å². The largest absolute Gasteiger partial charge is 0.466 e. The van der Waals surface area contributed by atoms with Gasteiger partial charge in [-0.05, 0) is 36.8 Å². The van der Waals surface area contributed by atoms with E-state index < -0.39 is 46.9 Å². The third kappa shape index (κ3) is 8.87. The summed E-state index contributed by atoms with van der Waals surface area (Å²) in [5.74, 6) is -2.50. The molecule has 0 spiro atoms. The van der Waals surface area contributed by atoms with Crippen LogP contribution in [0.5, 0.6) is 0 Å². The van der Waals surface area contributed by atoms with Crippen LogP contribution in [-0.4, -0.2) is 41.8 Å². The fourth-order valence-corrected chi connectivity index (χ4v) is 3.59. The number of halogens is 2. The molecule has 186 valence electrons. The van der Waals surface area contributed by atoms with Crippen molar-refractivity contribution in [3.8, 4) is 0 Å². The standard InChI is InChI=1S/C22H22Cl2N4O7/c1-3-35-21(31)10-19(13-4-15(23)8-16(24)5-13)27-20(30)11-25-22(32)14-6-17(26-12(2)29)9-18(7-14)28(33)34/h4-9,19H,3,10-11H2,1-2H3,(H,25,32)(H,26,29)(H,27,30). The number of ether oxygens (including phenoxy) is 1. The Morgan fingerprint density at radius 2 is 1.71 bits per heavy atom. The quantitative estimate of drug-likeness (QED) is 0.244. The number of hydrogen-bond donors (Lipinski definition) is 3. The summed E-state index contributed by atoms with van der Waals surface area (Å²) in [6, 6.07) is 7.05. The van der Waals surface area contributed by atoms with Crippen LogP contribution in [0.3, 0.4) is 0 Å². The Morgan fingerprint density at radius 1 is 1.06 bits per heavy atom. The number of hydrogen-bond acceptors (Lipinski definition) is 7. The number of benzene rings is 2. The van der Waals surface area contributed by atoms with Crippen LogP contribution in [0, 0.1) is 10.1 Å². The van der Waals surface area contributed by atoms with Crippen molar-refractivity contribution in [3.05, 3.63) is 67.7 Å². The fraction of sp³-hybridized carbons (Fsp3) is 0.273. The molecule has 0 heterocycles. The molecule has 0 saturated carbocycles. The first-order valence-electron chi connectivity index (χ1n) is 10.2. The number of rotatable bonds is 10. The molecule has 0 fully saturated rings. The maximum Gasteiger partial charge on any atom is 0.308 e. The van der Waals surface area contributed by atoms with Gasteiger partial charge in [-0.2, -0.15) is 0 Å². The van der Waals surface area contributed by atoms with E-state index in [-0.39, 0.29) is 24.3 Å². The van der Waals surface area contributed by atoms with Crippen LogP contribution in [0.15, 0.2) is 36.4 Å². The number of nitrogens with one attached hydrogen (secondary N) is 3. The van der Waals surface area contributed by atoms with E-state index in [1.807, 2.05) is 0 Å². The fourth-order valence-electron chi connectivity index (χ4n) is 3.05. The molecule has 2 aromatic carbocycles. The molecule has 1 atom stereocenters. The summed E-state index contributed by atoms with van der Waals surface area (Å²) in [5, 5.41) is 19.1. The highest BCUT2D eigenvalue weighted by Gasteiger charge is 2.21. The van der Waals surface area contributed by atoms with Gasteiger partial charge in [-0.25, -0.2) is 0 Å². The molecular formula is C22H22Cl2N4O7. The van der Waals surface area contributed by atoms with E-state index in [1.165, 1.54) is 31.2 Å². The van der Waals surface area contributed by atoms with Crippen LogP contribution >= 0.6 is 23.2 Å². The highest BCUT2D eigenvalue weighted by molar-refractivity contribution is 6.34. The summed E-state index contributed by atoms with van der Waals surface area (Å²) in [4.78, 5) is 58.8. The third-order valence-corrected chi connectivity index (χ3v) is 4.86. The summed E-state index contributed by atoms with van der Waals surface area (Å²) in [5.41, 5.74) is -0.0545. The minimum absolute atomic E-state index is 0.0497. The molecule has 3 amide bonds. The van der Waals surface area contributed by atoms with Gasteiger partial charge in [0, 0.05) is 40.4 Å². The molecular weight excluding hydrogens is 503 g/mol. The number of non-ortho nitro benzene ring substituents is 1. The first-order valence-corrected chi connectivity index (χ1v) is 11.0. The van der Waals surface area contributed by atoms with E-state index >= 15 is 0 Å². The van der Waals surface area contributed by atoms with E-state index in [0.29, 0.717) is 15.6 Å². The van der Waals surface area contributed by atoms with Crippen LogP contribution in [0.25, 0.3) is 0 Å². The summed E-state index contributed by atoms with van der Waals surface area (Å²) < 4.78 is 4.95. The topological polar surface area (TPSA) is 157 Å². The molecule has 0 aliphatic rings. The second kappa shape index (κ2) is 12.7. The van der Waals surface area contributed by atoms with Crippen molar-refractivity contribution < 1.29 is 28.8 Å². The molecule has 1 unspecified atom stereocenters. The average molecular weight is 525 g/mol. The molecule has 0 aliphatic carbocycles. The van der Waals surface area contributed by atoms with Crippen LogP contribution < -0.4 is 16.0 Å². The molecule has 3 N–H and O–H groups in total. The van der Waals surface area contributed by atoms with Gasteiger partial charge in [0.1, 0.15) is 0 Å². The Kier molecular flexibility index (Phi) is 9.98. The number of anilines is 1. The number of nitro groups is 1. The second-order valence-corrected chi connectivity index (χ2v) is 8.09. The van der Waals surface area contributed by atoms with Crippen molar-refractivity contribution in [2.75, 3.05) is 18.5 Å². The summed E-state index contributed by atoms with van der Waals surface area (Å²) in [6.45, 7) is 2.49. The third-order valence-electron chi connectivity index (χ3n) is 4.42.